The Kier molecular flexibility index (Phi) is 12.9. The first kappa shape index (κ1) is 20.2. The van der Waals surface area contributed by atoms with Crippen LogP contribution >= 0.6 is 0 Å². The maximum absolute atomic E-state index is 8.72. The third kappa shape index (κ3) is 11.3. The molecule has 1 N–H and O–H groups in total. The van der Waals surface area contributed by atoms with Crippen LogP contribution in [0.5, 0.6) is 0 Å². The predicted octanol–water partition coefficient (Wildman–Crippen LogP) is 5.21. The molecule has 0 aliphatic heterocycles. The van der Waals surface area contributed by atoms with Gasteiger partial charge in [-0.25, -0.2) is 4.57 Å². The molecule has 0 aliphatic rings. The number of unbranched alkanes of at least 4 members (excludes halogenated alkanes) is 10. The van der Waals surface area contributed by atoms with Gasteiger partial charge in [-0.05, 0) is 31.7 Å². The number of aliphatic hydroxyl groups is 1. The van der Waals surface area contributed by atoms with Crippen molar-refractivity contribution in [1.29, 1.82) is 0 Å². The minimum Gasteiger partial charge on any atom is -0.396 e. The van der Waals surface area contributed by atoms with E-state index in [1.165, 1.54) is 89.2 Å². The van der Waals surface area contributed by atoms with Crippen molar-refractivity contribution in [2.45, 2.75) is 96.9 Å². The van der Waals surface area contributed by atoms with Gasteiger partial charge in [0, 0.05) is 24.7 Å². The predicted molar refractivity (Wildman–Crippen MR) is 98.5 cm³/mol. The first-order chi connectivity index (χ1) is 11.4. The number of aromatic nitrogens is 1. The average Bonchev–Trinajstić information content (AvgIpc) is 2.58. The normalized spacial score (nSPS) is 11.0. The zero-order valence-electron chi connectivity index (χ0n) is 15.3. The van der Waals surface area contributed by atoms with Crippen molar-refractivity contribution in [3.63, 3.8) is 0 Å². The summed E-state index contributed by atoms with van der Waals surface area (Å²) >= 11 is 0. The maximum Gasteiger partial charge on any atom is 0.171 e. The van der Waals surface area contributed by atoms with E-state index >= 15 is 0 Å². The van der Waals surface area contributed by atoms with E-state index in [2.05, 4.69) is 36.0 Å². The lowest BCUT2D eigenvalue weighted by molar-refractivity contribution is -0.697. The lowest BCUT2D eigenvalue weighted by atomic mass is 10.1. The molecule has 0 spiro atoms. The van der Waals surface area contributed by atoms with E-state index in [9.17, 15) is 0 Å². The summed E-state index contributed by atoms with van der Waals surface area (Å²) in [6.07, 6.45) is 21.4. The van der Waals surface area contributed by atoms with Crippen LogP contribution in [-0.4, -0.2) is 11.7 Å². The topological polar surface area (TPSA) is 24.1 Å². The molecule has 1 rings (SSSR count). The highest BCUT2D eigenvalue weighted by molar-refractivity contribution is 5.05. The number of aliphatic hydroxyl groups excluding tert-OH is 1. The molecular formula is C21H38NO+. The highest BCUT2D eigenvalue weighted by Gasteiger charge is 2.02. The smallest absolute Gasteiger partial charge is 0.171 e. The van der Waals surface area contributed by atoms with Gasteiger partial charge in [0.15, 0.2) is 12.4 Å². The molecule has 2 nitrogen and oxygen atoms in total. The molecule has 0 saturated carbocycles. The molecule has 132 valence electrons. The summed E-state index contributed by atoms with van der Waals surface area (Å²) in [5.41, 5.74) is 1.48. The van der Waals surface area contributed by atoms with E-state index in [1.54, 1.807) is 0 Å². The van der Waals surface area contributed by atoms with Crippen molar-refractivity contribution in [1.82, 2.24) is 0 Å². The van der Waals surface area contributed by atoms with Gasteiger partial charge in [0.1, 0.15) is 6.54 Å². The second kappa shape index (κ2) is 14.7. The Morgan fingerprint density at radius 1 is 0.826 bits per heavy atom. The second-order valence-corrected chi connectivity index (χ2v) is 6.81. The molecule has 0 aromatic carbocycles. The lowest BCUT2D eigenvalue weighted by Crippen LogP contribution is -2.33. The molecule has 0 aliphatic carbocycles. The van der Waals surface area contributed by atoms with Crippen LogP contribution in [0, 0.1) is 0 Å². The van der Waals surface area contributed by atoms with Crippen LogP contribution in [0.1, 0.15) is 89.5 Å². The third-order valence-corrected chi connectivity index (χ3v) is 4.56. The average molecular weight is 321 g/mol. The van der Waals surface area contributed by atoms with Crippen molar-refractivity contribution < 1.29 is 9.67 Å². The van der Waals surface area contributed by atoms with Crippen LogP contribution in [-0.2, 0) is 13.0 Å². The van der Waals surface area contributed by atoms with E-state index < -0.39 is 0 Å². The minimum absolute atomic E-state index is 0.361. The maximum atomic E-state index is 8.72. The molecule has 0 fully saturated rings. The van der Waals surface area contributed by atoms with Crippen LogP contribution in [0.15, 0.2) is 24.5 Å². The van der Waals surface area contributed by atoms with Gasteiger partial charge in [-0.1, -0.05) is 58.3 Å². The lowest BCUT2D eigenvalue weighted by Gasteiger charge is -2.02. The molecule has 1 aromatic heterocycles. The molecule has 0 atom stereocenters. The Morgan fingerprint density at radius 3 is 2.04 bits per heavy atom. The fourth-order valence-corrected chi connectivity index (χ4v) is 3.06. The quantitative estimate of drug-likeness (QED) is 0.348. The van der Waals surface area contributed by atoms with Gasteiger partial charge >= 0.3 is 0 Å². The fraction of sp³-hybridized carbons (Fsp3) is 0.762. The molecule has 0 radical (unpaired) electrons. The molecule has 0 unspecified atom stereocenters. The Bertz CT molecular complexity index is 378. The Labute approximate surface area is 143 Å². The van der Waals surface area contributed by atoms with E-state index in [1.807, 2.05) is 0 Å². The number of hydrogen-bond acceptors (Lipinski definition) is 1. The first-order valence-electron chi connectivity index (χ1n) is 9.95. The summed E-state index contributed by atoms with van der Waals surface area (Å²) in [6, 6.07) is 4.45. The van der Waals surface area contributed by atoms with E-state index in [0.717, 1.165) is 6.42 Å². The van der Waals surface area contributed by atoms with Crippen molar-refractivity contribution in [2.75, 3.05) is 6.61 Å². The van der Waals surface area contributed by atoms with Crippen LogP contribution in [0.4, 0.5) is 0 Å². The first-order valence-corrected chi connectivity index (χ1v) is 9.95. The number of pyridine rings is 1. The van der Waals surface area contributed by atoms with Gasteiger partial charge in [-0.15, -0.1) is 0 Å². The Hall–Kier alpha value is -0.890. The SMILES string of the molecule is CCCCc1ccc[n+](CCCCCCCCCCCCO)c1. The monoisotopic (exact) mass is 320 g/mol. The molecule has 2 heteroatoms. The Morgan fingerprint density at radius 2 is 1.43 bits per heavy atom. The van der Waals surface area contributed by atoms with Gasteiger partial charge < -0.3 is 5.11 Å². The zero-order valence-corrected chi connectivity index (χ0v) is 15.3. The standard InChI is InChI=1S/C21H38NO/c1-2-3-15-21-16-14-18-22(20-21)17-12-10-8-6-4-5-7-9-11-13-19-23/h14,16,18,20,23H,2-13,15,17,19H2,1H3/q+1. The number of rotatable bonds is 15. The largest absolute Gasteiger partial charge is 0.396 e. The molecule has 0 amide bonds. The van der Waals surface area contributed by atoms with Crippen LogP contribution in [0.25, 0.3) is 0 Å². The zero-order chi connectivity index (χ0) is 16.6. The highest BCUT2D eigenvalue weighted by Crippen LogP contribution is 2.10. The van der Waals surface area contributed by atoms with Gasteiger partial charge in [0.05, 0.1) is 0 Å². The number of hydrogen-bond donors (Lipinski definition) is 1. The number of nitrogens with zero attached hydrogens (tertiary/aromatic N) is 1. The van der Waals surface area contributed by atoms with E-state index in [4.69, 9.17) is 5.11 Å². The Balaban J connectivity index is 1.96. The summed E-state index contributed by atoms with van der Waals surface area (Å²) < 4.78 is 2.37. The molecule has 23 heavy (non-hydrogen) atoms. The molecule has 0 bridgehead atoms. The minimum atomic E-state index is 0.361. The van der Waals surface area contributed by atoms with E-state index in [0.29, 0.717) is 6.61 Å². The molecule has 1 heterocycles. The van der Waals surface area contributed by atoms with Crippen molar-refractivity contribution in [3.8, 4) is 0 Å². The number of aryl methyl sites for hydroxylation is 2. The van der Waals surface area contributed by atoms with Crippen molar-refractivity contribution in [2.24, 2.45) is 0 Å². The summed E-state index contributed by atoms with van der Waals surface area (Å²) in [5, 5.41) is 8.72. The molecule has 1 aromatic rings. The van der Waals surface area contributed by atoms with Crippen LogP contribution < -0.4 is 4.57 Å². The fourth-order valence-electron chi connectivity index (χ4n) is 3.06. The molecular weight excluding hydrogens is 282 g/mol. The second-order valence-electron chi connectivity index (χ2n) is 6.81. The van der Waals surface area contributed by atoms with Gasteiger partial charge in [-0.2, -0.15) is 0 Å². The van der Waals surface area contributed by atoms with Crippen molar-refractivity contribution in [3.05, 3.63) is 30.1 Å². The third-order valence-electron chi connectivity index (χ3n) is 4.56. The van der Waals surface area contributed by atoms with Gasteiger partial charge in [0.2, 0.25) is 0 Å². The van der Waals surface area contributed by atoms with Crippen molar-refractivity contribution >= 4 is 0 Å². The van der Waals surface area contributed by atoms with Gasteiger partial charge in [0.25, 0.3) is 0 Å². The van der Waals surface area contributed by atoms with Gasteiger partial charge in [-0.3, -0.25) is 0 Å². The summed E-state index contributed by atoms with van der Waals surface area (Å²) in [7, 11) is 0. The van der Waals surface area contributed by atoms with E-state index in [-0.39, 0.29) is 0 Å². The summed E-state index contributed by atoms with van der Waals surface area (Å²) in [4.78, 5) is 0. The highest BCUT2D eigenvalue weighted by atomic mass is 16.2. The summed E-state index contributed by atoms with van der Waals surface area (Å²) in [5.74, 6) is 0. The van der Waals surface area contributed by atoms with Crippen LogP contribution in [0.3, 0.4) is 0 Å². The molecule has 0 saturated heterocycles. The van der Waals surface area contributed by atoms with Crippen LogP contribution in [0.2, 0.25) is 0 Å². The summed E-state index contributed by atoms with van der Waals surface area (Å²) in [6.45, 7) is 3.78.